The molecule has 0 aliphatic rings. The largest absolute Gasteiger partial charge is 0.462 e. The fourth-order valence-corrected chi connectivity index (χ4v) is 12.6. The minimum Gasteiger partial charge on any atom is -0.462 e. The van der Waals surface area contributed by atoms with Crippen molar-refractivity contribution in [1.29, 1.82) is 0 Å². The lowest BCUT2D eigenvalue weighted by atomic mass is 10.1. The highest BCUT2D eigenvalue weighted by atomic mass is 16.8. The smallest absolute Gasteiger partial charge is 0.338 e. The van der Waals surface area contributed by atoms with Crippen LogP contribution in [0.25, 0.3) is 0 Å². The molecule has 0 aromatic heterocycles. The summed E-state index contributed by atoms with van der Waals surface area (Å²) in [5, 5.41) is 10.7. The molecule has 878 valence electrons. The van der Waals surface area contributed by atoms with E-state index in [0.717, 1.165) is 0 Å². The number of ether oxygens (including phenoxy) is 43. The van der Waals surface area contributed by atoms with Crippen LogP contribution in [0.3, 0.4) is 0 Å². The molecule has 0 fully saturated rings. The van der Waals surface area contributed by atoms with Crippen LogP contribution in [0.5, 0.6) is 0 Å². The minimum atomic E-state index is -1.72. The Balaban J connectivity index is 3.35. The highest BCUT2D eigenvalue weighted by molar-refractivity contribution is 5.94. The minimum absolute atomic E-state index is 0.00368. The summed E-state index contributed by atoms with van der Waals surface area (Å²) in [6, 6.07) is 10.9. The van der Waals surface area contributed by atoms with Gasteiger partial charge in [0, 0.05) is 132 Å². The Bertz CT molecular complexity index is 3180. The second-order valence-corrected chi connectivity index (χ2v) is 30.8. The van der Waals surface area contributed by atoms with Gasteiger partial charge in [-0.2, -0.15) is 0 Å². The average molecular weight is 2180 g/mol. The molecule has 2 rings (SSSR count). The van der Waals surface area contributed by atoms with Crippen molar-refractivity contribution in [2.75, 3.05) is 277 Å². The molecule has 0 spiro atoms. The Morgan fingerprint density at radius 1 is 0.173 bits per heavy atom. The molecule has 0 aliphatic carbocycles. The molecule has 150 heavy (non-hydrogen) atoms. The Morgan fingerprint density at radius 2 is 0.320 bits per heavy atom. The highest BCUT2D eigenvalue weighted by Crippen LogP contribution is 2.21. The summed E-state index contributed by atoms with van der Waals surface area (Å²) in [7, 11) is 0. The number of hydrogen-bond acceptors (Lipinski definition) is 48. The van der Waals surface area contributed by atoms with Crippen molar-refractivity contribution in [2.24, 2.45) is 0 Å². The quantitative estimate of drug-likeness (QED) is 0.0365. The van der Waals surface area contributed by atoms with Crippen LogP contribution in [0.1, 0.15) is 200 Å². The molecule has 0 saturated heterocycles. The van der Waals surface area contributed by atoms with Crippen molar-refractivity contribution in [2.45, 2.75) is 291 Å². The van der Waals surface area contributed by atoms with Crippen molar-refractivity contribution in [3.8, 4) is 0 Å². The predicted molar refractivity (Wildman–Crippen MR) is 532 cm³/mol. The van der Waals surface area contributed by atoms with E-state index in [-0.39, 0.29) is 240 Å². The molecule has 2 aromatic carbocycles. The van der Waals surface area contributed by atoms with Gasteiger partial charge in [-0.1, -0.05) is 6.92 Å². The maximum absolute atomic E-state index is 14.8. The van der Waals surface area contributed by atoms with Crippen LogP contribution in [-0.4, -0.2) is 438 Å². The van der Waals surface area contributed by atoms with Crippen LogP contribution < -0.4 is 0 Å². The number of aliphatic hydroxyl groups is 1. The van der Waals surface area contributed by atoms with Crippen LogP contribution in [0.4, 0.5) is 0 Å². The first-order chi connectivity index (χ1) is 72.9. The van der Waals surface area contributed by atoms with Crippen molar-refractivity contribution in [3.63, 3.8) is 0 Å². The van der Waals surface area contributed by atoms with Gasteiger partial charge >= 0.3 is 23.9 Å². The zero-order valence-corrected chi connectivity index (χ0v) is 92.8. The molecule has 48 nitrogen and oxygen atoms in total. The van der Waals surface area contributed by atoms with E-state index >= 15 is 0 Å². The first-order valence-electron chi connectivity index (χ1n) is 52.6. The zero-order valence-electron chi connectivity index (χ0n) is 92.8. The lowest BCUT2D eigenvalue weighted by Gasteiger charge is -2.30. The molecule has 1 N–H and O–H groups in total. The Morgan fingerprint density at radius 3 is 0.493 bits per heavy atom. The van der Waals surface area contributed by atoms with Gasteiger partial charge in [0.2, 0.25) is 0 Å². The maximum Gasteiger partial charge on any atom is 0.338 e. The first kappa shape index (κ1) is 141. The number of benzene rings is 2. The van der Waals surface area contributed by atoms with E-state index in [1.54, 1.807) is 83.1 Å². The lowest BCUT2D eigenvalue weighted by Crippen LogP contribution is -2.41. The molecule has 2 aromatic rings. The molecule has 0 saturated carbocycles. The molecule has 0 radical (unpaired) electrons. The number of hydrogen-bond donors (Lipinski definition) is 1. The van der Waals surface area contributed by atoms with Crippen LogP contribution in [0, 0.1) is 0 Å². The average Bonchev–Trinajstić information content (AvgIpc) is 0.858. The zero-order chi connectivity index (χ0) is 110. The highest BCUT2D eigenvalue weighted by Gasteiger charge is 2.33. The Labute approximate surface area is 887 Å². The number of carbonyl (C=O) groups excluding carboxylic acids is 4. The van der Waals surface area contributed by atoms with E-state index in [0.29, 0.717) is 6.42 Å². The monoisotopic (exact) mass is 2180 g/mol. The summed E-state index contributed by atoms with van der Waals surface area (Å²) >= 11 is 0. The van der Waals surface area contributed by atoms with Gasteiger partial charge in [0.15, 0.2) is 126 Å². The van der Waals surface area contributed by atoms with Crippen LogP contribution >= 0.6 is 0 Å². The van der Waals surface area contributed by atoms with Gasteiger partial charge in [0.25, 0.3) is 0 Å². The summed E-state index contributed by atoms with van der Waals surface area (Å²) in [4.78, 5) is 53.9. The topological polar surface area (TPSA) is 485 Å². The third kappa shape index (κ3) is 69.1. The third-order valence-electron chi connectivity index (χ3n) is 19.3. The molecule has 0 heterocycles. The summed E-state index contributed by atoms with van der Waals surface area (Å²) in [6.07, 6.45) is -23.4. The van der Waals surface area contributed by atoms with Gasteiger partial charge < -0.3 is 209 Å². The van der Waals surface area contributed by atoms with E-state index in [1.807, 2.05) is 62.3 Å². The van der Waals surface area contributed by atoms with Crippen molar-refractivity contribution in [1.82, 2.24) is 0 Å². The summed E-state index contributed by atoms with van der Waals surface area (Å²) in [5.74, 6) is -3.11. The number of rotatable bonds is 108. The molecule has 6 atom stereocenters. The number of esters is 4. The van der Waals surface area contributed by atoms with Gasteiger partial charge in [0.05, 0.1) is 28.9 Å². The van der Waals surface area contributed by atoms with Crippen molar-refractivity contribution in [3.05, 3.63) is 70.8 Å². The van der Waals surface area contributed by atoms with Gasteiger partial charge in [0.1, 0.15) is 145 Å². The lowest BCUT2D eigenvalue weighted by molar-refractivity contribution is -0.307. The summed E-state index contributed by atoms with van der Waals surface area (Å²) in [6.45, 7) is 37.2. The van der Waals surface area contributed by atoms with E-state index < -0.39 is 215 Å². The van der Waals surface area contributed by atoms with E-state index in [2.05, 4.69) is 0 Å². The van der Waals surface area contributed by atoms with Gasteiger partial charge in [-0.3, -0.25) is 0 Å². The number of aliphatic hydroxyl groups excluding tert-OH is 1. The molecule has 6 unspecified atom stereocenters. The van der Waals surface area contributed by atoms with Gasteiger partial charge in [-0.15, -0.1) is 0 Å². The van der Waals surface area contributed by atoms with Gasteiger partial charge in [-0.25, -0.2) is 19.2 Å². The fraction of sp³-hybridized carbons (Fsp3) is 0.843. The van der Waals surface area contributed by atoms with E-state index in [1.165, 1.54) is 55.5 Å². The molecular weight excluding hydrogens is 1990 g/mol. The predicted octanol–water partition coefficient (Wildman–Crippen LogP) is 10.4. The van der Waals surface area contributed by atoms with Crippen molar-refractivity contribution >= 4 is 23.9 Å². The normalized spacial score (nSPS) is 13.5. The second kappa shape index (κ2) is 94.8. The Kier molecular flexibility index (Phi) is 89.0. The molecule has 0 amide bonds. The SMILES string of the molecule is CCCOC(COC(COC(COC(COC(=O)c1ccc(C(=O)OC(C)COC(=O)c2ccc(C(=O)OCC)cc2)cc1)OCC(OCC(OCC(OCC)OCC)OCC(OCC)OCC)OCC(OCC(OCC)OCC)OCC(OCC)OCC)OCC(OCC(OCC(OCC)OCC)OCC(OCC)OCC)OCC(OCC(OCC)OCC)OCC(OCC)OCC)OCC(OCC)OCC)OCC(O)OCC. The van der Waals surface area contributed by atoms with Crippen LogP contribution in [0.15, 0.2) is 48.5 Å². The fourth-order valence-electron chi connectivity index (χ4n) is 12.6. The van der Waals surface area contributed by atoms with Crippen LogP contribution in [0.2, 0.25) is 0 Å². The third-order valence-corrected chi connectivity index (χ3v) is 19.3. The Hall–Kier alpha value is -5.28. The second-order valence-electron chi connectivity index (χ2n) is 30.8. The van der Waals surface area contributed by atoms with E-state index in [9.17, 15) is 24.3 Å². The molecular formula is C102H182O48. The standard InChI is InChI=1S/C102H182O48/c1-23-52-128-89(129-54-79(103)108-24-2)64-139-94(138-63-88(125-41-19)126-42-20)69-144-97(145-70-95(140-65-90(130-55-80(109-25-3)110-26-4)131-56-81(111-27-5)112-28-6)141-66-91(132-57-82(113-29-7)114-30-8)133-58-83(115-31-9)116-32-10)72-147-98(73-149-101(106)77-48-50-78(51-49-77)102(107)150-74(22)53-148-100(105)76-46-44-75(45-47-76)99(104)127-43-21)146-71-96(142-67-92(134-59-84(117-33-11)118-34-12)135-60-85(119-35-13)120-36-14)143-68-93(136-61-86(121-37-15)122-38-16)137-62-87(123-39-17)124-40-18/h44-51,74,79-98,103H,23-43,52-73H2,1-22H3. The molecule has 0 bridgehead atoms. The summed E-state index contributed by atoms with van der Waals surface area (Å²) in [5.41, 5.74) is 0.284. The molecule has 48 heteroatoms. The van der Waals surface area contributed by atoms with Crippen molar-refractivity contribution < 1.29 is 228 Å². The molecule has 0 aliphatic heterocycles. The number of carbonyl (C=O) groups is 4. The van der Waals surface area contributed by atoms with Gasteiger partial charge in [-0.05, 0) is 200 Å². The van der Waals surface area contributed by atoms with Crippen LogP contribution in [-0.2, 0) is 204 Å². The summed E-state index contributed by atoms with van der Waals surface area (Å²) < 4.78 is 264. The maximum atomic E-state index is 14.8. The van der Waals surface area contributed by atoms with E-state index in [4.69, 9.17) is 204 Å². The first-order valence-corrected chi connectivity index (χ1v) is 52.6.